The minimum absolute atomic E-state index is 0.499. The van der Waals surface area contributed by atoms with Crippen LogP contribution in [0.5, 0.6) is 0 Å². The van der Waals surface area contributed by atoms with Gasteiger partial charge in [-0.1, -0.05) is 0 Å². The topological polar surface area (TPSA) is 63.6 Å². The molecule has 0 saturated heterocycles. The van der Waals surface area contributed by atoms with Gasteiger partial charge in [0.1, 0.15) is 12.1 Å². The number of aromatic nitrogens is 4. The zero-order valence-corrected chi connectivity index (χ0v) is 14.7. The van der Waals surface area contributed by atoms with Crippen LogP contribution in [0, 0.1) is 6.92 Å². The molecule has 3 aromatic heterocycles. The highest BCUT2D eigenvalue weighted by Gasteiger charge is 2.29. The standard InChI is InChI=1S/C20H14F3N5/c1-12-18(13-9-17-16(25-10-13)3-2-8-24-17)26-11-27-19(12)28-15-6-4-14(5-7-15)20(21,22)23/h2-11H,1H3,(H,26,27,28). The number of hydrogen-bond donors (Lipinski definition) is 1. The van der Waals surface area contributed by atoms with Gasteiger partial charge in [-0.05, 0) is 49.4 Å². The normalized spacial score (nSPS) is 11.6. The van der Waals surface area contributed by atoms with E-state index in [0.717, 1.165) is 34.3 Å². The minimum Gasteiger partial charge on any atom is -0.340 e. The molecule has 8 heteroatoms. The molecule has 0 aliphatic rings. The van der Waals surface area contributed by atoms with Gasteiger partial charge in [0, 0.05) is 29.2 Å². The van der Waals surface area contributed by atoms with Crippen LogP contribution in [-0.4, -0.2) is 19.9 Å². The van der Waals surface area contributed by atoms with E-state index in [4.69, 9.17) is 0 Å². The Bertz CT molecular complexity index is 1140. The number of nitrogens with zero attached hydrogens (tertiary/aromatic N) is 4. The van der Waals surface area contributed by atoms with Gasteiger partial charge in [0.25, 0.3) is 0 Å². The van der Waals surface area contributed by atoms with Crippen molar-refractivity contribution in [2.45, 2.75) is 13.1 Å². The maximum absolute atomic E-state index is 12.7. The molecule has 0 saturated carbocycles. The van der Waals surface area contributed by atoms with Gasteiger partial charge in [-0.25, -0.2) is 9.97 Å². The molecule has 0 aliphatic heterocycles. The molecule has 0 spiro atoms. The number of benzene rings is 1. The summed E-state index contributed by atoms with van der Waals surface area (Å²) < 4.78 is 38.1. The molecule has 4 aromatic rings. The highest BCUT2D eigenvalue weighted by atomic mass is 19.4. The quantitative estimate of drug-likeness (QED) is 0.531. The number of rotatable bonds is 3. The van der Waals surface area contributed by atoms with Crippen LogP contribution in [0.25, 0.3) is 22.3 Å². The first-order chi connectivity index (χ1) is 13.4. The van der Waals surface area contributed by atoms with Gasteiger partial charge < -0.3 is 5.32 Å². The first kappa shape index (κ1) is 17.8. The molecule has 0 bridgehead atoms. The molecule has 28 heavy (non-hydrogen) atoms. The smallest absolute Gasteiger partial charge is 0.340 e. The Balaban J connectivity index is 1.66. The zero-order valence-electron chi connectivity index (χ0n) is 14.7. The van der Waals surface area contributed by atoms with Crippen molar-refractivity contribution >= 4 is 22.5 Å². The number of anilines is 2. The number of fused-ring (bicyclic) bond motifs is 1. The number of pyridine rings is 2. The third kappa shape index (κ3) is 3.48. The van der Waals surface area contributed by atoms with E-state index in [9.17, 15) is 13.2 Å². The first-order valence-electron chi connectivity index (χ1n) is 8.39. The average molecular weight is 381 g/mol. The Kier molecular flexibility index (Phi) is 4.38. The fraction of sp³-hybridized carbons (Fsp3) is 0.100. The van der Waals surface area contributed by atoms with Crippen molar-refractivity contribution < 1.29 is 13.2 Å². The van der Waals surface area contributed by atoms with E-state index < -0.39 is 11.7 Å². The van der Waals surface area contributed by atoms with Gasteiger partial charge in [0.2, 0.25) is 0 Å². The summed E-state index contributed by atoms with van der Waals surface area (Å²) in [6.07, 6.45) is 0.435. The van der Waals surface area contributed by atoms with Gasteiger partial charge >= 0.3 is 6.18 Å². The van der Waals surface area contributed by atoms with Crippen LogP contribution in [-0.2, 0) is 6.18 Å². The van der Waals surface area contributed by atoms with Crippen LogP contribution in [0.3, 0.4) is 0 Å². The summed E-state index contributed by atoms with van der Waals surface area (Å²) in [5.41, 5.74) is 3.52. The van der Waals surface area contributed by atoms with E-state index in [2.05, 4.69) is 25.3 Å². The molecule has 3 heterocycles. The van der Waals surface area contributed by atoms with Crippen LogP contribution in [0.15, 0.2) is 61.2 Å². The summed E-state index contributed by atoms with van der Waals surface area (Å²) in [5.74, 6) is 0.505. The van der Waals surface area contributed by atoms with E-state index in [0.29, 0.717) is 17.2 Å². The van der Waals surface area contributed by atoms with Crippen molar-refractivity contribution in [1.29, 1.82) is 0 Å². The number of halogens is 3. The fourth-order valence-electron chi connectivity index (χ4n) is 2.83. The summed E-state index contributed by atoms with van der Waals surface area (Å²) in [6.45, 7) is 1.84. The van der Waals surface area contributed by atoms with Crippen LogP contribution >= 0.6 is 0 Å². The van der Waals surface area contributed by atoms with Crippen LogP contribution in [0.1, 0.15) is 11.1 Å². The van der Waals surface area contributed by atoms with Crippen LogP contribution in [0.4, 0.5) is 24.7 Å². The Morgan fingerprint density at radius 1 is 0.893 bits per heavy atom. The number of hydrogen-bond acceptors (Lipinski definition) is 5. The first-order valence-corrected chi connectivity index (χ1v) is 8.39. The largest absolute Gasteiger partial charge is 0.416 e. The molecule has 0 amide bonds. The molecular weight excluding hydrogens is 367 g/mol. The lowest BCUT2D eigenvalue weighted by Gasteiger charge is -2.13. The predicted molar refractivity (Wildman–Crippen MR) is 100 cm³/mol. The third-order valence-corrected chi connectivity index (χ3v) is 4.28. The SMILES string of the molecule is Cc1c(Nc2ccc(C(F)(F)F)cc2)ncnc1-c1cnc2cccnc2c1. The van der Waals surface area contributed by atoms with E-state index >= 15 is 0 Å². The molecule has 1 N–H and O–H groups in total. The van der Waals surface area contributed by atoms with Crippen molar-refractivity contribution in [3.8, 4) is 11.3 Å². The van der Waals surface area contributed by atoms with Crippen LogP contribution in [0.2, 0.25) is 0 Å². The molecular formula is C20H14F3N5. The Morgan fingerprint density at radius 3 is 2.43 bits per heavy atom. The second-order valence-corrected chi connectivity index (χ2v) is 6.16. The highest BCUT2D eigenvalue weighted by Crippen LogP contribution is 2.31. The van der Waals surface area contributed by atoms with Gasteiger partial charge in [-0.3, -0.25) is 9.97 Å². The molecule has 0 aliphatic carbocycles. The summed E-state index contributed by atoms with van der Waals surface area (Å²) in [7, 11) is 0. The fourth-order valence-corrected chi connectivity index (χ4v) is 2.83. The summed E-state index contributed by atoms with van der Waals surface area (Å²) in [4.78, 5) is 17.2. The Labute approximate surface area is 158 Å². The lowest BCUT2D eigenvalue weighted by Crippen LogP contribution is -2.05. The second-order valence-electron chi connectivity index (χ2n) is 6.16. The number of alkyl halides is 3. The van der Waals surface area contributed by atoms with E-state index in [1.54, 1.807) is 12.4 Å². The van der Waals surface area contributed by atoms with E-state index in [-0.39, 0.29) is 0 Å². The molecule has 0 unspecified atom stereocenters. The molecule has 1 aromatic carbocycles. The minimum atomic E-state index is -4.37. The maximum Gasteiger partial charge on any atom is 0.416 e. The average Bonchev–Trinajstić information content (AvgIpc) is 2.69. The van der Waals surface area contributed by atoms with Gasteiger partial charge in [0.05, 0.1) is 22.3 Å². The van der Waals surface area contributed by atoms with Gasteiger partial charge in [0.15, 0.2) is 0 Å². The summed E-state index contributed by atoms with van der Waals surface area (Å²) in [6, 6.07) is 10.4. The van der Waals surface area contributed by atoms with Crippen molar-refractivity contribution in [3.63, 3.8) is 0 Å². The van der Waals surface area contributed by atoms with Crippen LogP contribution < -0.4 is 5.32 Å². The molecule has 0 fully saturated rings. The number of nitrogens with one attached hydrogen (secondary N) is 1. The van der Waals surface area contributed by atoms with Crippen molar-refractivity contribution in [2.24, 2.45) is 0 Å². The highest BCUT2D eigenvalue weighted by molar-refractivity contribution is 5.80. The molecule has 5 nitrogen and oxygen atoms in total. The van der Waals surface area contributed by atoms with Gasteiger partial charge in [-0.2, -0.15) is 13.2 Å². The third-order valence-electron chi connectivity index (χ3n) is 4.28. The monoisotopic (exact) mass is 381 g/mol. The summed E-state index contributed by atoms with van der Waals surface area (Å²) in [5, 5.41) is 3.04. The molecule has 140 valence electrons. The molecule has 4 rings (SSSR count). The van der Waals surface area contributed by atoms with E-state index in [1.165, 1.54) is 18.5 Å². The van der Waals surface area contributed by atoms with Crippen molar-refractivity contribution in [3.05, 3.63) is 72.3 Å². The lowest BCUT2D eigenvalue weighted by atomic mass is 10.1. The Morgan fingerprint density at radius 2 is 1.68 bits per heavy atom. The van der Waals surface area contributed by atoms with Gasteiger partial charge in [-0.15, -0.1) is 0 Å². The zero-order chi connectivity index (χ0) is 19.7. The predicted octanol–water partition coefficient (Wildman–Crippen LogP) is 5.16. The molecule has 0 radical (unpaired) electrons. The summed E-state index contributed by atoms with van der Waals surface area (Å²) >= 11 is 0. The second kappa shape index (κ2) is 6.88. The maximum atomic E-state index is 12.7. The Hall–Kier alpha value is -3.55. The lowest BCUT2D eigenvalue weighted by molar-refractivity contribution is -0.137. The van der Waals surface area contributed by atoms with Crippen molar-refractivity contribution in [2.75, 3.05) is 5.32 Å². The molecule has 0 atom stereocenters. The van der Waals surface area contributed by atoms with Crippen molar-refractivity contribution in [1.82, 2.24) is 19.9 Å². The van der Waals surface area contributed by atoms with E-state index in [1.807, 2.05) is 25.1 Å².